The van der Waals surface area contributed by atoms with Crippen LogP contribution in [0.15, 0.2) is 59.7 Å². The number of ether oxygens (including phenoxy) is 4. The highest BCUT2D eigenvalue weighted by Crippen LogP contribution is 2.35. The first-order chi connectivity index (χ1) is 17.5. The molecule has 0 unspecified atom stereocenters. The van der Waals surface area contributed by atoms with E-state index in [4.69, 9.17) is 30.5 Å². The quantitative estimate of drug-likeness (QED) is 0.142. The Labute approximate surface area is 229 Å². The molecule has 0 aromatic heterocycles. The second-order valence-corrected chi connectivity index (χ2v) is 9.13. The predicted molar refractivity (Wildman–Crippen MR) is 150 cm³/mol. The first-order valence-electron chi connectivity index (χ1n) is 11.4. The van der Waals surface area contributed by atoms with Crippen LogP contribution in [0.5, 0.6) is 23.0 Å². The summed E-state index contributed by atoms with van der Waals surface area (Å²) >= 11 is 8.43. The number of hydrogen-bond acceptors (Lipinski definition) is 6. The Bertz CT molecular complexity index is 1220. The summed E-state index contributed by atoms with van der Waals surface area (Å²) in [5.74, 6) is 1.91. The fourth-order valence-corrected chi connectivity index (χ4v) is 4.17. The van der Waals surface area contributed by atoms with Crippen LogP contribution in [0.1, 0.15) is 41.8 Å². The van der Waals surface area contributed by atoms with Crippen LogP contribution in [-0.2, 0) is 6.61 Å². The maximum absolute atomic E-state index is 12.6. The Morgan fingerprint density at radius 3 is 2.56 bits per heavy atom. The molecule has 0 fully saturated rings. The van der Waals surface area contributed by atoms with Crippen LogP contribution < -0.4 is 24.4 Å². The zero-order valence-corrected chi connectivity index (χ0v) is 23.3. The molecule has 1 amide bonds. The average Bonchev–Trinajstić information content (AvgIpc) is 2.88. The number of nitrogens with one attached hydrogen (secondary N) is 1. The highest BCUT2D eigenvalue weighted by atomic mass is 127. The molecule has 3 aromatic carbocycles. The Morgan fingerprint density at radius 1 is 1.03 bits per heavy atom. The molecular weight excluding hydrogens is 595 g/mol. The van der Waals surface area contributed by atoms with Gasteiger partial charge in [0.25, 0.3) is 5.91 Å². The summed E-state index contributed by atoms with van der Waals surface area (Å²) in [4.78, 5) is 12.6. The lowest BCUT2D eigenvalue weighted by atomic mass is 10.2. The minimum atomic E-state index is -0.369. The maximum Gasteiger partial charge on any atom is 0.271 e. The van der Waals surface area contributed by atoms with Gasteiger partial charge in [0.05, 0.1) is 30.1 Å². The van der Waals surface area contributed by atoms with Gasteiger partial charge in [-0.05, 0) is 77.9 Å². The fourth-order valence-electron chi connectivity index (χ4n) is 3.20. The first-order valence-corrected chi connectivity index (χ1v) is 12.9. The number of hydrogen-bond donors (Lipinski definition) is 1. The van der Waals surface area contributed by atoms with Crippen LogP contribution in [0.3, 0.4) is 0 Å². The van der Waals surface area contributed by atoms with Gasteiger partial charge in [-0.25, -0.2) is 5.43 Å². The van der Waals surface area contributed by atoms with Crippen molar-refractivity contribution >= 4 is 46.3 Å². The molecule has 3 rings (SSSR count). The second kappa shape index (κ2) is 13.9. The van der Waals surface area contributed by atoms with Gasteiger partial charge in [0.2, 0.25) is 0 Å². The van der Waals surface area contributed by atoms with E-state index in [-0.39, 0.29) is 5.91 Å². The van der Waals surface area contributed by atoms with Crippen LogP contribution in [0.2, 0.25) is 5.02 Å². The van der Waals surface area contributed by atoms with Gasteiger partial charge in [-0.1, -0.05) is 36.7 Å². The number of rotatable bonds is 12. The number of halogens is 2. The third kappa shape index (κ3) is 7.51. The van der Waals surface area contributed by atoms with Crippen molar-refractivity contribution in [3.05, 3.63) is 79.9 Å². The number of methoxy groups -OCH3 is 1. The first kappa shape index (κ1) is 27.6. The third-order valence-corrected chi connectivity index (χ3v) is 6.10. The molecule has 0 radical (unpaired) electrons. The van der Waals surface area contributed by atoms with E-state index in [1.807, 2.05) is 50.2 Å². The van der Waals surface area contributed by atoms with Crippen molar-refractivity contribution in [1.29, 1.82) is 0 Å². The molecule has 0 aliphatic carbocycles. The van der Waals surface area contributed by atoms with Crippen molar-refractivity contribution in [3.63, 3.8) is 0 Å². The molecular formula is C27H28ClIN2O5. The van der Waals surface area contributed by atoms with Crippen molar-refractivity contribution in [1.82, 2.24) is 5.43 Å². The molecule has 0 spiro atoms. The summed E-state index contributed by atoms with van der Waals surface area (Å²) < 4.78 is 23.7. The highest BCUT2D eigenvalue weighted by Gasteiger charge is 2.14. The number of benzene rings is 3. The van der Waals surface area contributed by atoms with Crippen LogP contribution in [0.25, 0.3) is 0 Å². The normalized spacial score (nSPS) is 10.8. The van der Waals surface area contributed by atoms with Crippen LogP contribution in [0, 0.1) is 3.57 Å². The molecule has 1 N–H and O–H groups in total. The summed E-state index contributed by atoms with van der Waals surface area (Å²) in [6.07, 6.45) is 2.43. The van der Waals surface area contributed by atoms with Crippen LogP contribution in [-0.4, -0.2) is 32.4 Å². The number of hydrazone groups is 1. The van der Waals surface area contributed by atoms with Crippen LogP contribution >= 0.6 is 34.2 Å². The number of carbonyl (C=O) groups excluding carboxylic acids is 1. The van der Waals surface area contributed by atoms with E-state index in [0.717, 1.165) is 21.1 Å². The summed E-state index contributed by atoms with van der Waals surface area (Å²) in [5, 5.41) is 4.75. The van der Waals surface area contributed by atoms with Crippen molar-refractivity contribution < 1.29 is 23.7 Å². The molecule has 190 valence electrons. The smallest absolute Gasteiger partial charge is 0.271 e. The molecule has 0 bridgehead atoms. The topological polar surface area (TPSA) is 78.4 Å². The van der Waals surface area contributed by atoms with E-state index in [2.05, 4.69) is 33.1 Å². The molecule has 0 atom stereocenters. The van der Waals surface area contributed by atoms with Gasteiger partial charge in [-0.2, -0.15) is 5.10 Å². The van der Waals surface area contributed by atoms with Crippen molar-refractivity contribution in [3.8, 4) is 23.0 Å². The van der Waals surface area contributed by atoms with Gasteiger partial charge in [-0.15, -0.1) is 0 Å². The lowest BCUT2D eigenvalue weighted by Crippen LogP contribution is -2.17. The van der Waals surface area contributed by atoms with Crippen molar-refractivity contribution in [2.24, 2.45) is 5.10 Å². The van der Waals surface area contributed by atoms with Gasteiger partial charge in [0, 0.05) is 16.1 Å². The van der Waals surface area contributed by atoms with E-state index in [1.165, 1.54) is 7.11 Å². The predicted octanol–water partition coefficient (Wildman–Crippen LogP) is 6.48. The minimum absolute atomic E-state index is 0.310. The monoisotopic (exact) mass is 622 g/mol. The SMILES string of the molecule is CCCOc1ccc(C(=O)N/N=C/c2cc(I)c(OCc3ccccc3Cl)c(OCC)c2)cc1OC. The second-order valence-electron chi connectivity index (χ2n) is 7.56. The zero-order valence-electron chi connectivity index (χ0n) is 20.3. The number of nitrogens with zero attached hydrogens (tertiary/aromatic N) is 1. The van der Waals surface area contributed by atoms with Crippen molar-refractivity contribution in [2.75, 3.05) is 20.3 Å². The van der Waals surface area contributed by atoms with Crippen LogP contribution in [0.4, 0.5) is 0 Å². The lowest BCUT2D eigenvalue weighted by molar-refractivity contribution is 0.0954. The molecule has 3 aromatic rings. The molecule has 9 heteroatoms. The molecule has 0 aliphatic heterocycles. The van der Waals surface area contributed by atoms with Gasteiger partial charge in [-0.3, -0.25) is 4.79 Å². The number of amides is 1. The summed E-state index contributed by atoms with van der Waals surface area (Å²) in [6.45, 7) is 5.27. The highest BCUT2D eigenvalue weighted by molar-refractivity contribution is 14.1. The van der Waals surface area contributed by atoms with E-state index in [1.54, 1.807) is 24.4 Å². The standard InChI is InChI=1S/C27H28ClIN2O5/c1-4-12-35-23-11-10-19(15-24(23)33-3)27(32)31-30-16-18-13-22(29)26(25(14-18)34-5-2)36-17-20-8-6-7-9-21(20)28/h6-11,13-16H,4-5,12,17H2,1-3H3,(H,31,32)/b30-16+. The Balaban J connectivity index is 1.71. The molecule has 0 heterocycles. The van der Waals surface area contributed by atoms with Gasteiger partial charge in [0.15, 0.2) is 23.0 Å². The van der Waals surface area contributed by atoms with Gasteiger partial charge >= 0.3 is 0 Å². The molecule has 0 saturated heterocycles. The largest absolute Gasteiger partial charge is 0.493 e. The van der Waals surface area contributed by atoms with Gasteiger partial charge < -0.3 is 18.9 Å². The summed E-state index contributed by atoms with van der Waals surface area (Å²) in [7, 11) is 1.54. The minimum Gasteiger partial charge on any atom is -0.493 e. The summed E-state index contributed by atoms with van der Waals surface area (Å²) in [5.41, 5.74) is 4.57. The molecule has 0 aliphatic rings. The zero-order chi connectivity index (χ0) is 25.9. The molecule has 36 heavy (non-hydrogen) atoms. The lowest BCUT2D eigenvalue weighted by Gasteiger charge is -2.15. The van der Waals surface area contributed by atoms with E-state index < -0.39 is 0 Å². The van der Waals surface area contributed by atoms with E-state index in [0.29, 0.717) is 53.4 Å². The summed E-state index contributed by atoms with van der Waals surface area (Å²) in [6, 6.07) is 16.2. The van der Waals surface area contributed by atoms with Crippen molar-refractivity contribution in [2.45, 2.75) is 26.9 Å². The number of carbonyl (C=O) groups is 1. The molecule has 0 saturated carbocycles. The average molecular weight is 623 g/mol. The Morgan fingerprint density at radius 2 is 1.83 bits per heavy atom. The van der Waals surface area contributed by atoms with Gasteiger partial charge in [0.1, 0.15) is 6.61 Å². The molecule has 7 nitrogen and oxygen atoms in total. The Kier molecular flexibility index (Phi) is 10.7. The Hall–Kier alpha value is -2.98. The fraction of sp³-hybridized carbons (Fsp3) is 0.259. The third-order valence-electron chi connectivity index (χ3n) is 4.93. The van der Waals surface area contributed by atoms with E-state index >= 15 is 0 Å². The maximum atomic E-state index is 12.6. The van der Waals surface area contributed by atoms with E-state index in [9.17, 15) is 4.79 Å².